The van der Waals surface area contributed by atoms with Gasteiger partial charge in [-0.15, -0.1) is 0 Å². The second-order valence-electron chi connectivity index (χ2n) is 4.76. The van der Waals surface area contributed by atoms with Crippen molar-refractivity contribution in [2.45, 2.75) is 32.4 Å². The summed E-state index contributed by atoms with van der Waals surface area (Å²) in [5, 5.41) is 18.3. The fourth-order valence-corrected chi connectivity index (χ4v) is 2.37. The smallest absolute Gasteiger partial charge is 0.203 e. The lowest BCUT2D eigenvalue weighted by atomic mass is 9.93. The quantitative estimate of drug-likeness (QED) is 0.865. The summed E-state index contributed by atoms with van der Waals surface area (Å²) in [5.74, 6) is 1.55. The van der Waals surface area contributed by atoms with E-state index in [4.69, 9.17) is 9.68 Å². The van der Waals surface area contributed by atoms with E-state index in [2.05, 4.69) is 4.90 Å². The van der Waals surface area contributed by atoms with Gasteiger partial charge in [0.25, 0.3) is 0 Å². The second kappa shape index (κ2) is 5.35. The monoisotopic (exact) mass is 234 g/mol. The van der Waals surface area contributed by atoms with E-state index < -0.39 is 0 Å². The lowest BCUT2D eigenvalue weighted by Crippen LogP contribution is -2.38. The van der Waals surface area contributed by atoms with Crippen LogP contribution < -0.4 is 0 Å². The minimum Gasteiger partial charge on any atom is -0.449 e. The molecule has 92 valence electrons. The van der Waals surface area contributed by atoms with Crippen molar-refractivity contribution in [2.24, 2.45) is 5.92 Å². The first-order valence-electron chi connectivity index (χ1n) is 6.08. The molecule has 0 unspecified atom stereocenters. The third-order valence-electron chi connectivity index (χ3n) is 3.38. The fourth-order valence-electron chi connectivity index (χ4n) is 2.37. The van der Waals surface area contributed by atoms with Crippen LogP contribution in [-0.4, -0.2) is 29.2 Å². The zero-order chi connectivity index (χ0) is 12.3. The van der Waals surface area contributed by atoms with E-state index in [0.29, 0.717) is 11.7 Å². The van der Waals surface area contributed by atoms with Crippen LogP contribution in [0.5, 0.6) is 0 Å². The Labute approximate surface area is 101 Å². The van der Waals surface area contributed by atoms with Gasteiger partial charge in [-0.2, -0.15) is 5.26 Å². The predicted molar refractivity (Wildman–Crippen MR) is 63.1 cm³/mol. The van der Waals surface area contributed by atoms with Crippen molar-refractivity contribution < 1.29 is 9.52 Å². The second-order valence-corrected chi connectivity index (χ2v) is 4.76. The molecule has 1 aliphatic heterocycles. The van der Waals surface area contributed by atoms with Gasteiger partial charge in [0.05, 0.1) is 12.6 Å². The van der Waals surface area contributed by atoms with E-state index in [-0.39, 0.29) is 6.10 Å². The number of nitriles is 1. The molecule has 0 amide bonds. The molecule has 0 bridgehead atoms. The highest BCUT2D eigenvalue weighted by molar-refractivity contribution is 5.19. The van der Waals surface area contributed by atoms with Crippen molar-refractivity contribution in [3.8, 4) is 6.07 Å². The molecule has 2 atom stereocenters. The van der Waals surface area contributed by atoms with Gasteiger partial charge in [-0.3, -0.25) is 4.90 Å². The van der Waals surface area contributed by atoms with E-state index >= 15 is 0 Å². The van der Waals surface area contributed by atoms with Gasteiger partial charge in [0, 0.05) is 6.54 Å². The first kappa shape index (κ1) is 12.2. The summed E-state index contributed by atoms with van der Waals surface area (Å²) in [5.41, 5.74) is 0. The van der Waals surface area contributed by atoms with Crippen LogP contribution in [0.2, 0.25) is 0 Å². The number of aliphatic hydroxyl groups is 1. The van der Waals surface area contributed by atoms with Crippen molar-refractivity contribution >= 4 is 0 Å². The van der Waals surface area contributed by atoms with Gasteiger partial charge in [0.2, 0.25) is 5.76 Å². The molecule has 1 fully saturated rings. The number of rotatable bonds is 3. The number of nitrogens with zero attached hydrogens (tertiary/aromatic N) is 2. The predicted octanol–water partition coefficient (Wildman–Crippen LogP) is 1.74. The number of aliphatic hydroxyl groups excluding tert-OH is 1. The third-order valence-corrected chi connectivity index (χ3v) is 3.38. The van der Waals surface area contributed by atoms with Crippen molar-refractivity contribution in [2.75, 3.05) is 13.1 Å². The van der Waals surface area contributed by atoms with Gasteiger partial charge in [-0.25, -0.2) is 0 Å². The van der Waals surface area contributed by atoms with E-state index in [0.717, 1.165) is 38.2 Å². The van der Waals surface area contributed by atoms with Crippen LogP contribution in [0.3, 0.4) is 0 Å². The van der Waals surface area contributed by atoms with E-state index in [1.54, 1.807) is 6.07 Å². The Hall–Kier alpha value is -1.31. The average Bonchev–Trinajstić information content (AvgIpc) is 2.77. The molecule has 1 aromatic heterocycles. The SMILES string of the molecule is C[C@@H](O)[C@H]1CCCN(Cc2ccc(C#N)o2)C1. The van der Waals surface area contributed by atoms with Crippen LogP contribution in [0.4, 0.5) is 0 Å². The van der Waals surface area contributed by atoms with Gasteiger partial charge in [-0.1, -0.05) is 0 Å². The van der Waals surface area contributed by atoms with Crippen LogP contribution in [0.15, 0.2) is 16.5 Å². The van der Waals surface area contributed by atoms with Gasteiger partial charge in [-0.05, 0) is 44.4 Å². The molecule has 4 heteroatoms. The van der Waals surface area contributed by atoms with Gasteiger partial charge < -0.3 is 9.52 Å². The molecule has 4 nitrogen and oxygen atoms in total. The summed E-state index contributed by atoms with van der Waals surface area (Å²) in [6.45, 7) is 4.52. The van der Waals surface area contributed by atoms with Gasteiger partial charge in [0.15, 0.2) is 0 Å². The van der Waals surface area contributed by atoms with E-state index in [1.807, 2.05) is 19.1 Å². The Morgan fingerprint density at radius 2 is 2.47 bits per heavy atom. The summed E-state index contributed by atoms with van der Waals surface area (Å²) in [4.78, 5) is 2.28. The zero-order valence-electron chi connectivity index (χ0n) is 10.1. The standard InChI is InChI=1S/C13H18N2O2/c1-10(16)11-3-2-6-15(8-11)9-13-5-4-12(7-14)17-13/h4-5,10-11,16H,2-3,6,8-9H2,1H3/t10-,11+/m1/s1. The Kier molecular flexibility index (Phi) is 3.82. The third kappa shape index (κ3) is 3.09. The normalized spacial score (nSPS) is 23.2. The lowest BCUT2D eigenvalue weighted by molar-refractivity contribution is 0.0572. The highest BCUT2D eigenvalue weighted by Crippen LogP contribution is 2.21. The van der Waals surface area contributed by atoms with E-state index in [1.165, 1.54) is 0 Å². The molecule has 17 heavy (non-hydrogen) atoms. The molecule has 2 heterocycles. The topological polar surface area (TPSA) is 60.4 Å². The van der Waals surface area contributed by atoms with Crippen LogP contribution in [0.1, 0.15) is 31.3 Å². The van der Waals surface area contributed by atoms with Crippen molar-refractivity contribution in [3.05, 3.63) is 23.7 Å². The molecule has 1 aromatic rings. The Bertz CT molecular complexity index is 406. The fraction of sp³-hybridized carbons (Fsp3) is 0.615. The van der Waals surface area contributed by atoms with Crippen LogP contribution >= 0.6 is 0 Å². The molecular formula is C13H18N2O2. The molecule has 1 aliphatic rings. The first-order chi connectivity index (χ1) is 8.19. The summed E-state index contributed by atoms with van der Waals surface area (Å²) < 4.78 is 5.37. The maximum absolute atomic E-state index is 9.61. The molecule has 1 saturated heterocycles. The molecule has 2 rings (SSSR count). The zero-order valence-corrected chi connectivity index (χ0v) is 10.1. The minimum absolute atomic E-state index is 0.246. The first-order valence-corrected chi connectivity index (χ1v) is 6.08. The molecule has 0 aromatic carbocycles. The van der Waals surface area contributed by atoms with Crippen LogP contribution in [-0.2, 0) is 6.54 Å². The van der Waals surface area contributed by atoms with Crippen LogP contribution in [0, 0.1) is 17.2 Å². The summed E-state index contributed by atoms with van der Waals surface area (Å²) in [7, 11) is 0. The van der Waals surface area contributed by atoms with Crippen LogP contribution in [0.25, 0.3) is 0 Å². The maximum atomic E-state index is 9.61. The number of hydrogen-bond acceptors (Lipinski definition) is 4. The molecule has 0 radical (unpaired) electrons. The average molecular weight is 234 g/mol. The van der Waals surface area contributed by atoms with Crippen molar-refractivity contribution in [3.63, 3.8) is 0 Å². The molecule has 0 spiro atoms. The number of likely N-dealkylation sites (tertiary alicyclic amines) is 1. The maximum Gasteiger partial charge on any atom is 0.203 e. The van der Waals surface area contributed by atoms with Crippen molar-refractivity contribution in [1.29, 1.82) is 5.26 Å². The van der Waals surface area contributed by atoms with Crippen molar-refractivity contribution in [1.82, 2.24) is 4.90 Å². The highest BCUT2D eigenvalue weighted by atomic mass is 16.3. The largest absolute Gasteiger partial charge is 0.449 e. The Morgan fingerprint density at radius 1 is 1.65 bits per heavy atom. The Morgan fingerprint density at radius 3 is 3.12 bits per heavy atom. The Balaban J connectivity index is 1.92. The highest BCUT2D eigenvalue weighted by Gasteiger charge is 2.23. The summed E-state index contributed by atoms with van der Waals surface area (Å²) in [6.07, 6.45) is 1.96. The number of furan rings is 1. The molecule has 1 N–H and O–H groups in total. The molecule has 0 saturated carbocycles. The number of piperidine rings is 1. The number of hydrogen-bond donors (Lipinski definition) is 1. The molecular weight excluding hydrogens is 216 g/mol. The van der Waals surface area contributed by atoms with Gasteiger partial charge >= 0.3 is 0 Å². The summed E-state index contributed by atoms with van der Waals surface area (Å²) in [6, 6.07) is 5.54. The van der Waals surface area contributed by atoms with E-state index in [9.17, 15) is 5.11 Å². The van der Waals surface area contributed by atoms with Gasteiger partial charge in [0.1, 0.15) is 11.8 Å². The summed E-state index contributed by atoms with van der Waals surface area (Å²) >= 11 is 0. The lowest BCUT2D eigenvalue weighted by Gasteiger charge is -2.33. The molecule has 0 aliphatic carbocycles. The minimum atomic E-state index is -0.246.